The summed E-state index contributed by atoms with van der Waals surface area (Å²) in [6, 6.07) is 13.0. The number of nitrogens with one attached hydrogen (secondary N) is 2. The first kappa shape index (κ1) is 21.1. The van der Waals surface area contributed by atoms with Crippen LogP contribution in [0, 0.1) is 11.7 Å². The number of likely N-dealkylation sites (tertiary alicyclic amines) is 1. The van der Waals surface area contributed by atoms with E-state index in [0.717, 1.165) is 24.8 Å². The number of carbonyl (C=O) groups excluding carboxylic acids is 2. The third-order valence-electron chi connectivity index (χ3n) is 5.06. The van der Waals surface area contributed by atoms with Gasteiger partial charge in [-0.25, -0.2) is 9.18 Å². The second-order valence-corrected chi connectivity index (χ2v) is 7.77. The summed E-state index contributed by atoms with van der Waals surface area (Å²) >= 11 is 5.86. The number of benzene rings is 2. The molecule has 154 valence electrons. The number of amides is 3. The van der Waals surface area contributed by atoms with E-state index in [-0.39, 0.29) is 23.7 Å². The van der Waals surface area contributed by atoms with E-state index >= 15 is 0 Å². The average Bonchev–Trinajstić information content (AvgIpc) is 2.72. The van der Waals surface area contributed by atoms with Gasteiger partial charge in [0.15, 0.2) is 0 Å². The van der Waals surface area contributed by atoms with Crippen molar-refractivity contribution >= 4 is 29.2 Å². The quantitative estimate of drug-likeness (QED) is 0.707. The second kappa shape index (κ2) is 10.3. The topological polar surface area (TPSA) is 61.4 Å². The maximum Gasteiger partial charge on any atom is 0.321 e. The van der Waals surface area contributed by atoms with Crippen molar-refractivity contribution in [2.24, 2.45) is 5.92 Å². The van der Waals surface area contributed by atoms with Gasteiger partial charge in [0.25, 0.3) is 0 Å². The molecule has 0 unspecified atom stereocenters. The molecule has 0 aromatic heterocycles. The molecule has 5 nitrogen and oxygen atoms in total. The molecule has 3 amide bonds. The molecular weight excluding hydrogens is 393 g/mol. The molecule has 2 N–H and O–H groups in total. The number of rotatable bonds is 6. The Labute approximate surface area is 175 Å². The van der Waals surface area contributed by atoms with Crippen molar-refractivity contribution in [3.63, 3.8) is 0 Å². The Hall–Kier alpha value is -2.60. The highest BCUT2D eigenvalue weighted by molar-refractivity contribution is 6.30. The van der Waals surface area contributed by atoms with E-state index in [1.807, 2.05) is 12.1 Å². The lowest BCUT2D eigenvalue weighted by Gasteiger charge is -2.32. The largest absolute Gasteiger partial charge is 0.352 e. The van der Waals surface area contributed by atoms with Crippen LogP contribution in [0.1, 0.15) is 31.2 Å². The normalized spacial score (nSPS) is 16.3. The first-order chi connectivity index (χ1) is 14.0. The van der Waals surface area contributed by atoms with Gasteiger partial charge < -0.3 is 15.5 Å². The summed E-state index contributed by atoms with van der Waals surface area (Å²) in [7, 11) is 0. The maximum absolute atomic E-state index is 13.3. The van der Waals surface area contributed by atoms with Crippen molar-refractivity contribution in [3.8, 4) is 0 Å². The van der Waals surface area contributed by atoms with Gasteiger partial charge in [-0.05, 0) is 61.1 Å². The van der Waals surface area contributed by atoms with E-state index in [0.29, 0.717) is 36.8 Å². The van der Waals surface area contributed by atoms with Crippen LogP contribution in [-0.4, -0.2) is 29.9 Å². The third-order valence-corrected chi connectivity index (χ3v) is 5.32. The second-order valence-electron chi connectivity index (χ2n) is 7.34. The van der Waals surface area contributed by atoms with Gasteiger partial charge in [-0.1, -0.05) is 29.8 Å². The van der Waals surface area contributed by atoms with Crippen LogP contribution in [0.3, 0.4) is 0 Å². The number of urea groups is 1. The Morgan fingerprint density at radius 1 is 1.17 bits per heavy atom. The average molecular weight is 418 g/mol. The fourth-order valence-corrected chi connectivity index (χ4v) is 3.61. The molecule has 0 spiro atoms. The molecule has 1 atom stereocenters. The summed E-state index contributed by atoms with van der Waals surface area (Å²) in [4.78, 5) is 26.3. The Bertz CT molecular complexity index is 844. The zero-order valence-electron chi connectivity index (χ0n) is 16.2. The molecule has 0 aliphatic carbocycles. The molecule has 2 aromatic carbocycles. The highest BCUT2D eigenvalue weighted by Crippen LogP contribution is 2.22. The van der Waals surface area contributed by atoms with Crippen molar-refractivity contribution in [1.82, 2.24) is 10.2 Å². The summed E-state index contributed by atoms with van der Waals surface area (Å²) in [5.41, 5.74) is 1.44. The molecule has 3 rings (SSSR count). The molecule has 0 radical (unpaired) electrons. The number of nitrogens with zero attached hydrogens (tertiary/aromatic N) is 1. The van der Waals surface area contributed by atoms with E-state index in [1.54, 1.807) is 29.2 Å². The van der Waals surface area contributed by atoms with E-state index in [1.165, 1.54) is 12.1 Å². The lowest BCUT2D eigenvalue weighted by Crippen LogP contribution is -2.42. The van der Waals surface area contributed by atoms with Crippen LogP contribution in [0.2, 0.25) is 5.02 Å². The summed E-state index contributed by atoms with van der Waals surface area (Å²) < 4.78 is 13.3. The SMILES string of the molecule is O=C(CC[C@@H]1CCCN(C(=O)Nc2cccc(F)c2)C1)NCc1ccc(Cl)cc1. The van der Waals surface area contributed by atoms with Crippen LogP contribution >= 0.6 is 11.6 Å². The van der Waals surface area contributed by atoms with Crippen LogP contribution < -0.4 is 10.6 Å². The zero-order valence-corrected chi connectivity index (χ0v) is 16.9. The molecule has 1 fully saturated rings. The van der Waals surface area contributed by atoms with Gasteiger partial charge in [-0.3, -0.25) is 4.79 Å². The van der Waals surface area contributed by atoms with Crippen molar-refractivity contribution in [3.05, 3.63) is 64.9 Å². The number of hydrogen-bond acceptors (Lipinski definition) is 2. The summed E-state index contributed by atoms with van der Waals surface area (Å²) in [6.45, 7) is 1.74. The van der Waals surface area contributed by atoms with Gasteiger partial charge >= 0.3 is 6.03 Å². The molecule has 7 heteroatoms. The van der Waals surface area contributed by atoms with Crippen molar-refractivity contribution in [1.29, 1.82) is 0 Å². The Kier molecular flexibility index (Phi) is 7.47. The number of hydrogen-bond donors (Lipinski definition) is 2. The monoisotopic (exact) mass is 417 g/mol. The zero-order chi connectivity index (χ0) is 20.6. The minimum absolute atomic E-state index is 0.00119. The fourth-order valence-electron chi connectivity index (χ4n) is 3.48. The molecule has 0 saturated carbocycles. The van der Waals surface area contributed by atoms with Crippen molar-refractivity contribution in [2.75, 3.05) is 18.4 Å². The van der Waals surface area contributed by atoms with Crippen LogP contribution in [0.5, 0.6) is 0 Å². The first-order valence-electron chi connectivity index (χ1n) is 9.82. The van der Waals surface area contributed by atoms with Crippen LogP contribution in [0.25, 0.3) is 0 Å². The molecule has 1 aliphatic heterocycles. The molecule has 2 aromatic rings. The van der Waals surface area contributed by atoms with E-state index in [2.05, 4.69) is 10.6 Å². The minimum atomic E-state index is -0.385. The molecule has 1 heterocycles. The van der Waals surface area contributed by atoms with Crippen LogP contribution in [0.4, 0.5) is 14.9 Å². The van der Waals surface area contributed by atoms with Crippen molar-refractivity contribution in [2.45, 2.75) is 32.2 Å². The molecular formula is C22H25ClFN3O2. The van der Waals surface area contributed by atoms with Gasteiger partial charge in [-0.2, -0.15) is 0 Å². The van der Waals surface area contributed by atoms with Gasteiger partial charge in [-0.15, -0.1) is 0 Å². The number of piperidine rings is 1. The predicted molar refractivity (Wildman–Crippen MR) is 112 cm³/mol. The fraction of sp³-hybridized carbons (Fsp3) is 0.364. The van der Waals surface area contributed by atoms with E-state index < -0.39 is 0 Å². The number of carbonyl (C=O) groups is 2. The summed E-state index contributed by atoms with van der Waals surface area (Å²) in [6.07, 6.45) is 3.05. The lowest BCUT2D eigenvalue weighted by atomic mass is 9.93. The Morgan fingerprint density at radius 3 is 2.72 bits per heavy atom. The highest BCUT2D eigenvalue weighted by Gasteiger charge is 2.24. The van der Waals surface area contributed by atoms with Crippen molar-refractivity contribution < 1.29 is 14.0 Å². The summed E-state index contributed by atoms with van der Waals surface area (Å²) in [5, 5.41) is 6.33. The Balaban J connectivity index is 1.41. The van der Waals surface area contributed by atoms with Crippen LogP contribution in [0.15, 0.2) is 48.5 Å². The summed E-state index contributed by atoms with van der Waals surface area (Å²) in [5.74, 6) is -0.103. The maximum atomic E-state index is 13.3. The van der Waals surface area contributed by atoms with Gasteiger partial charge in [0.05, 0.1) is 0 Å². The molecule has 29 heavy (non-hydrogen) atoms. The molecule has 1 saturated heterocycles. The predicted octanol–water partition coefficient (Wildman–Crippen LogP) is 4.82. The number of halogens is 2. The standard InChI is InChI=1S/C22H25ClFN3O2/c23-18-9-6-16(7-10-18)14-25-21(28)11-8-17-3-2-12-27(15-17)22(29)26-20-5-1-4-19(24)13-20/h1,4-7,9-10,13,17H,2-3,8,11-12,14-15H2,(H,25,28)(H,26,29)/t17-/m0/s1. The number of anilines is 1. The Morgan fingerprint density at radius 2 is 1.97 bits per heavy atom. The van der Waals surface area contributed by atoms with Crippen LogP contribution in [-0.2, 0) is 11.3 Å². The minimum Gasteiger partial charge on any atom is -0.352 e. The van der Waals surface area contributed by atoms with Gasteiger partial charge in [0.1, 0.15) is 5.82 Å². The van der Waals surface area contributed by atoms with Gasteiger partial charge in [0.2, 0.25) is 5.91 Å². The van der Waals surface area contributed by atoms with E-state index in [9.17, 15) is 14.0 Å². The lowest BCUT2D eigenvalue weighted by molar-refractivity contribution is -0.121. The smallest absolute Gasteiger partial charge is 0.321 e. The molecule has 0 bridgehead atoms. The molecule has 1 aliphatic rings. The van der Waals surface area contributed by atoms with E-state index in [4.69, 9.17) is 11.6 Å². The first-order valence-corrected chi connectivity index (χ1v) is 10.2. The van der Waals surface area contributed by atoms with Gasteiger partial charge in [0, 0.05) is 36.8 Å². The third kappa shape index (κ3) is 6.75. The highest BCUT2D eigenvalue weighted by atomic mass is 35.5.